The number of rotatable bonds is 2. The van der Waals surface area contributed by atoms with Gasteiger partial charge in [-0.25, -0.2) is 9.69 Å². The van der Waals surface area contributed by atoms with Crippen molar-refractivity contribution >= 4 is 39.6 Å². The first-order chi connectivity index (χ1) is 11.6. The predicted molar refractivity (Wildman–Crippen MR) is 90.7 cm³/mol. The summed E-state index contributed by atoms with van der Waals surface area (Å²) >= 11 is 3.43. The van der Waals surface area contributed by atoms with Crippen LogP contribution >= 0.6 is 15.9 Å². The summed E-state index contributed by atoms with van der Waals surface area (Å²) in [7, 11) is 0. The van der Waals surface area contributed by atoms with Crippen molar-refractivity contribution < 1.29 is 19.1 Å². The monoisotopic (exact) mass is 386 g/mol. The zero-order valence-electron chi connectivity index (χ0n) is 12.3. The number of fused-ring (bicyclic) bond motifs is 1. The molecule has 120 valence electrons. The number of halogens is 1. The molecule has 0 bridgehead atoms. The number of nitrogens with one attached hydrogen (secondary N) is 1. The molecule has 0 aliphatic carbocycles. The van der Waals surface area contributed by atoms with Gasteiger partial charge in [0.2, 0.25) is 6.79 Å². The quantitative estimate of drug-likeness (QED) is 0.635. The summed E-state index contributed by atoms with van der Waals surface area (Å²) < 4.78 is 11.4. The van der Waals surface area contributed by atoms with Crippen LogP contribution in [0, 0.1) is 0 Å². The van der Waals surface area contributed by atoms with E-state index in [9.17, 15) is 9.59 Å². The van der Waals surface area contributed by atoms with Gasteiger partial charge in [-0.1, -0.05) is 34.1 Å². The van der Waals surface area contributed by atoms with Crippen molar-refractivity contribution in [1.82, 2.24) is 5.32 Å². The largest absolute Gasteiger partial charge is 0.454 e. The Hall–Kier alpha value is -2.80. The average molecular weight is 387 g/mol. The molecular weight excluding hydrogens is 376 g/mol. The van der Waals surface area contributed by atoms with Crippen LogP contribution in [0.15, 0.2) is 52.6 Å². The minimum Gasteiger partial charge on any atom is -0.454 e. The number of nitrogens with zero attached hydrogens (tertiary/aromatic N) is 1. The molecule has 2 aromatic rings. The third kappa shape index (κ3) is 2.43. The fourth-order valence-electron chi connectivity index (χ4n) is 2.55. The molecule has 2 aliphatic rings. The van der Waals surface area contributed by atoms with Gasteiger partial charge < -0.3 is 14.8 Å². The number of anilines is 1. The van der Waals surface area contributed by atoms with Crippen LogP contribution in [0.2, 0.25) is 0 Å². The maximum Gasteiger partial charge on any atom is 0.333 e. The summed E-state index contributed by atoms with van der Waals surface area (Å²) in [5.74, 6) is 0.828. The number of hydrogen-bond donors (Lipinski definition) is 1. The van der Waals surface area contributed by atoms with Gasteiger partial charge in [-0.3, -0.25) is 4.79 Å². The molecule has 2 aromatic carbocycles. The zero-order chi connectivity index (χ0) is 16.7. The van der Waals surface area contributed by atoms with E-state index >= 15 is 0 Å². The van der Waals surface area contributed by atoms with Gasteiger partial charge in [0, 0.05) is 4.47 Å². The van der Waals surface area contributed by atoms with Crippen LogP contribution in [0.25, 0.3) is 6.08 Å². The molecule has 0 unspecified atom stereocenters. The van der Waals surface area contributed by atoms with Gasteiger partial charge in [0.15, 0.2) is 11.5 Å². The summed E-state index contributed by atoms with van der Waals surface area (Å²) in [4.78, 5) is 25.8. The number of amides is 3. The summed E-state index contributed by atoms with van der Waals surface area (Å²) in [6.07, 6.45) is 1.61. The molecule has 1 saturated heterocycles. The van der Waals surface area contributed by atoms with Crippen LogP contribution in [0.1, 0.15) is 5.56 Å². The number of benzene rings is 2. The highest BCUT2D eigenvalue weighted by molar-refractivity contribution is 9.10. The second kappa shape index (κ2) is 5.68. The highest BCUT2D eigenvalue weighted by Crippen LogP contribution is 2.38. The molecule has 24 heavy (non-hydrogen) atoms. The number of carbonyl (C=O) groups is 2. The van der Waals surface area contributed by atoms with Gasteiger partial charge in [0.05, 0.1) is 5.69 Å². The SMILES string of the molecule is O=C1N/C(=C/c2cc3c(cc2Br)OCO3)C(=O)N1c1ccccc1. The molecule has 0 saturated carbocycles. The third-order valence-corrected chi connectivity index (χ3v) is 4.37. The van der Waals surface area contributed by atoms with Crippen molar-refractivity contribution in [2.45, 2.75) is 0 Å². The molecule has 0 spiro atoms. The van der Waals surface area contributed by atoms with Crippen molar-refractivity contribution in [1.29, 1.82) is 0 Å². The molecule has 3 amide bonds. The predicted octanol–water partition coefficient (Wildman–Crippen LogP) is 3.28. The lowest BCUT2D eigenvalue weighted by molar-refractivity contribution is -0.113. The van der Waals surface area contributed by atoms with E-state index < -0.39 is 11.9 Å². The molecule has 0 radical (unpaired) electrons. The number of urea groups is 1. The third-order valence-electron chi connectivity index (χ3n) is 3.68. The number of para-hydroxylation sites is 1. The minimum absolute atomic E-state index is 0.166. The van der Waals surface area contributed by atoms with Crippen LogP contribution in [-0.4, -0.2) is 18.7 Å². The Morgan fingerprint density at radius 3 is 2.54 bits per heavy atom. The van der Waals surface area contributed by atoms with E-state index in [0.29, 0.717) is 22.7 Å². The molecule has 1 N–H and O–H groups in total. The Morgan fingerprint density at radius 1 is 1.08 bits per heavy atom. The van der Waals surface area contributed by atoms with Crippen molar-refractivity contribution in [3.63, 3.8) is 0 Å². The smallest absolute Gasteiger partial charge is 0.333 e. The van der Waals surface area contributed by atoms with Gasteiger partial charge in [-0.05, 0) is 35.9 Å². The van der Waals surface area contributed by atoms with Crippen LogP contribution < -0.4 is 19.7 Å². The number of carbonyl (C=O) groups excluding carboxylic acids is 2. The first-order valence-electron chi connectivity index (χ1n) is 7.15. The van der Waals surface area contributed by atoms with Crippen molar-refractivity contribution in [3.05, 3.63) is 58.2 Å². The number of hydrogen-bond acceptors (Lipinski definition) is 4. The van der Waals surface area contributed by atoms with Crippen molar-refractivity contribution in [2.75, 3.05) is 11.7 Å². The Kier molecular flexibility index (Phi) is 3.50. The number of imide groups is 1. The van der Waals surface area contributed by atoms with E-state index in [2.05, 4.69) is 21.2 Å². The zero-order valence-corrected chi connectivity index (χ0v) is 13.9. The van der Waals surface area contributed by atoms with Crippen LogP contribution in [0.3, 0.4) is 0 Å². The fraction of sp³-hybridized carbons (Fsp3) is 0.0588. The highest BCUT2D eigenvalue weighted by Gasteiger charge is 2.34. The average Bonchev–Trinajstić information content (AvgIpc) is 3.13. The lowest BCUT2D eigenvalue weighted by Gasteiger charge is -2.10. The van der Waals surface area contributed by atoms with Crippen LogP contribution in [0.4, 0.5) is 10.5 Å². The Bertz CT molecular complexity index is 880. The maximum atomic E-state index is 12.6. The normalized spacial score (nSPS) is 17.5. The second-order valence-corrected chi connectivity index (χ2v) is 6.05. The lowest BCUT2D eigenvalue weighted by Crippen LogP contribution is -2.30. The van der Waals surface area contributed by atoms with Gasteiger partial charge in [0.25, 0.3) is 5.91 Å². The van der Waals surface area contributed by atoms with E-state index in [-0.39, 0.29) is 12.5 Å². The molecular formula is C17H11BrN2O4. The Balaban J connectivity index is 1.70. The van der Waals surface area contributed by atoms with E-state index in [1.807, 2.05) is 6.07 Å². The van der Waals surface area contributed by atoms with E-state index in [1.54, 1.807) is 42.5 Å². The molecule has 4 rings (SSSR count). The molecule has 0 atom stereocenters. The van der Waals surface area contributed by atoms with Gasteiger partial charge in [-0.2, -0.15) is 0 Å². The second-order valence-electron chi connectivity index (χ2n) is 5.19. The fourth-order valence-corrected chi connectivity index (χ4v) is 2.98. The summed E-state index contributed by atoms with van der Waals surface area (Å²) in [5, 5.41) is 2.60. The topological polar surface area (TPSA) is 67.9 Å². The maximum absolute atomic E-state index is 12.6. The van der Waals surface area contributed by atoms with E-state index in [4.69, 9.17) is 9.47 Å². The first-order valence-corrected chi connectivity index (χ1v) is 7.94. The molecule has 7 heteroatoms. The Morgan fingerprint density at radius 2 is 1.79 bits per heavy atom. The van der Waals surface area contributed by atoms with Gasteiger partial charge >= 0.3 is 6.03 Å². The lowest BCUT2D eigenvalue weighted by atomic mass is 10.1. The molecule has 0 aromatic heterocycles. The van der Waals surface area contributed by atoms with Crippen molar-refractivity contribution in [3.8, 4) is 11.5 Å². The van der Waals surface area contributed by atoms with Gasteiger partial charge in [0.1, 0.15) is 5.70 Å². The van der Waals surface area contributed by atoms with E-state index in [0.717, 1.165) is 9.37 Å². The Labute approximate surface area is 145 Å². The molecule has 2 aliphatic heterocycles. The minimum atomic E-state index is -0.477. The summed E-state index contributed by atoms with van der Waals surface area (Å²) in [5.41, 5.74) is 1.43. The van der Waals surface area contributed by atoms with Crippen LogP contribution in [-0.2, 0) is 4.79 Å². The molecule has 1 fully saturated rings. The number of ether oxygens (including phenoxy) is 2. The van der Waals surface area contributed by atoms with E-state index in [1.165, 1.54) is 0 Å². The van der Waals surface area contributed by atoms with Crippen molar-refractivity contribution in [2.24, 2.45) is 0 Å². The standard InChI is InChI=1S/C17H11BrN2O4/c18-12-8-15-14(23-9-24-15)7-10(12)6-13-16(21)20(17(22)19-13)11-4-2-1-3-5-11/h1-8H,9H2,(H,19,22)/b13-6+. The summed E-state index contributed by atoms with van der Waals surface area (Å²) in [6, 6.07) is 11.8. The molecule has 6 nitrogen and oxygen atoms in total. The van der Waals surface area contributed by atoms with Gasteiger partial charge in [-0.15, -0.1) is 0 Å². The highest BCUT2D eigenvalue weighted by atomic mass is 79.9. The summed E-state index contributed by atoms with van der Waals surface area (Å²) in [6.45, 7) is 0.166. The first kappa shape index (κ1) is 14.8. The van der Waals surface area contributed by atoms with Crippen LogP contribution in [0.5, 0.6) is 11.5 Å². The molecule has 2 heterocycles.